The lowest BCUT2D eigenvalue weighted by molar-refractivity contribution is 0.398. The van der Waals surface area contributed by atoms with Gasteiger partial charge in [-0.25, -0.2) is 8.42 Å². The summed E-state index contributed by atoms with van der Waals surface area (Å²) in [6.07, 6.45) is 0. The SMILES string of the molecule is CN(C)Cc1ccccc1S(=O)(=O)Cl. The molecular formula is C9H12ClNO2S. The molecule has 0 saturated heterocycles. The second-order valence-corrected chi connectivity index (χ2v) is 5.82. The third-order valence-electron chi connectivity index (χ3n) is 1.72. The zero-order valence-corrected chi connectivity index (χ0v) is 9.64. The monoisotopic (exact) mass is 233 g/mol. The van der Waals surface area contributed by atoms with Crippen LogP contribution in [0, 0.1) is 0 Å². The standard InChI is InChI=1S/C9H12ClNO2S/c1-11(2)7-8-5-3-4-6-9(8)14(10,12)13/h3-6H,7H2,1-2H3. The summed E-state index contributed by atoms with van der Waals surface area (Å²) in [6, 6.07) is 6.73. The number of rotatable bonds is 3. The zero-order valence-electron chi connectivity index (χ0n) is 8.07. The predicted octanol–water partition coefficient (Wildman–Crippen LogP) is 1.68. The molecule has 0 N–H and O–H groups in total. The predicted molar refractivity (Wildman–Crippen MR) is 56.9 cm³/mol. The van der Waals surface area contributed by atoms with Crippen LogP contribution in [0.15, 0.2) is 29.2 Å². The average molecular weight is 234 g/mol. The van der Waals surface area contributed by atoms with Crippen molar-refractivity contribution >= 4 is 19.7 Å². The van der Waals surface area contributed by atoms with Crippen LogP contribution in [-0.2, 0) is 15.6 Å². The zero-order chi connectivity index (χ0) is 10.8. The van der Waals surface area contributed by atoms with Gasteiger partial charge >= 0.3 is 0 Å². The molecule has 3 nitrogen and oxygen atoms in total. The van der Waals surface area contributed by atoms with Gasteiger partial charge in [-0.1, -0.05) is 18.2 Å². The van der Waals surface area contributed by atoms with Gasteiger partial charge in [0, 0.05) is 17.2 Å². The largest absolute Gasteiger partial charge is 0.305 e. The van der Waals surface area contributed by atoms with Gasteiger partial charge in [0.05, 0.1) is 4.90 Å². The van der Waals surface area contributed by atoms with Crippen LogP contribution in [0.5, 0.6) is 0 Å². The van der Waals surface area contributed by atoms with E-state index >= 15 is 0 Å². The van der Waals surface area contributed by atoms with Crippen LogP contribution in [0.1, 0.15) is 5.56 Å². The molecule has 0 saturated carbocycles. The van der Waals surface area contributed by atoms with Gasteiger partial charge in [-0.2, -0.15) is 0 Å². The summed E-state index contributed by atoms with van der Waals surface area (Å²) >= 11 is 0. The molecule has 0 aliphatic heterocycles. The van der Waals surface area contributed by atoms with Crippen LogP contribution in [0.25, 0.3) is 0 Å². The smallest absolute Gasteiger partial charge is 0.261 e. The van der Waals surface area contributed by atoms with Crippen LogP contribution in [-0.4, -0.2) is 27.4 Å². The van der Waals surface area contributed by atoms with Gasteiger partial charge in [0.2, 0.25) is 0 Å². The minimum atomic E-state index is -3.63. The molecule has 1 aromatic carbocycles. The molecule has 0 bridgehead atoms. The van der Waals surface area contributed by atoms with Gasteiger partial charge in [-0.15, -0.1) is 0 Å². The first kappa shape index (κ1) is 11.5. The lowest BCUT2D eigenvalue weighted by atomic mass is 10.2. The highest BCUT2D eigenvalue weighted by atomic mass is 35.7. The first-order valence-corrected chi connectivity index (χ1v) is 6.39. The number of halogens is 1. The lowest BCUT2D eigenvalue weighted by Crippen LogP contribution is -2.12. The molecule has 0 spiro atoms. The first-order valence-electron chi connectivity index (χ1n) is 4.08. The second-order valence-electron chi connectivity index (χ2n) is 3.28. The maximum absolute atomic E-state index is 11.2. The van der Waals surface area contributed by atoms with Crippen molar-refractivity contribution in [2.45, 2.75) is 11.4 Å². The fourth-order valence-corrected chi connectivity index (χ4v) is 2.35. The maximum atomic E-state index is 11.2. The van der Waals surface area contributed by atoms with E-state index in [2.05, 4.69) is 0 Å². The van der Waals surface area contributed by atoms with Crippen molar-refractivity contribution in [3.8, 4) is 0 Å². The Hall–Kier alpha value is -0.580. The van der Waals surface area contributed by atoms with E-state index in [4.69, 9.17) is 10.7 Å². The van der Waals surface area contributed by atoms with E-state index in [-0.39, 0.29) is 4.90 Å². The van der Waals surface area contributed by atoms with Crippen LogP contribution >= 0.6 is 10.7 Å². The van der Waals surface area contributed by atoms with Gasteiger partial charge < -0.3 is 4.90 Å². The summed E-state index contributed by atoms with van der Waals surface area (Å²) in [6.45, 7) is 0.558. The maximum Gasteiger partial charge on any atom is 0.261 e. The molecule has 0 aromatic heterocycles. The van der Waals surface area contributed by atoms with Crippen molar-refractivity contribution in [3.63, 3.8) is 0 Å². The lowest BCUT2D eigenvalue weighted by Gasteiger charge is -2.11. The number of hydrogen-bond donors (Lipinski definition) is 0. The Balaban J connectivity index is 3.17. The van der Waals surface area contributed by atoms with Gasteiger partial charge in [0.25, 0.3) is 9.05 Å². The first-order chi connectivity index (χ1) is 6.41. The number of nitrogens with zero attached hydrogens (tertiary/aromatic N) is 1. The molecule has 0 heterocycles. The van der Waals surface area contributed by atoms with Crippen LogP contribution in [0.3, 0.4) is 0 Å². The summed E-state index contributed by atoms with van der Waals surface area (Å²) in [5, 5.41) is 0. The third-order valence-corrected chi connectivity index (χ3v) is 3.14. The Morgan fingerprint density at radius 1 is 1.29 bits per heavy atom. The van der Waals surface area contributed by atoms with E-state index in [1.165, 1.54) is 6.07 Å². The third kappa shape index (κ3) is 2.97. The molecule has 5 heteroatoms. The molecule has 1 rings (SSSR count). The van der Waals surface area contributed by atoms with Crippen molar-refractivity contribution in [2.24, 2.45) is 0 Å². The van der Waals surface area contributed by atoms with Gasteiger partial charge in [0.1, 0.15) is 0 Å². The quantitative estimate of drug-likeness (QED) is 0.746. The summed E-state index contributed by atoms with van der Waals surface area (Å²) in [5.74, 6) is 0. The molecule has 0 amide bonds. The van der Waals surface area contributed by atoms with E-state index in [1.54, 1.807) is 18.2 Å². The summed E-state index contributed by atoms with van der Waals surface area (Å²) in [5.41, 5.74) is 0.715. The van der Waals surface area contributed by atoms with Crippen LogP contribution in [0.2, 0.25) is 0 Å². The Labute approximate surface area is 88.7 Å². The fourth-order valence-electron chi connectivity index (χ4n) is 1.21. The van der Waals surface area contributed by atoms with Crippen molar-refractivity contribution in [3.05, 3.63) is 29.8 Å². The highest BCUT2D eigenvalue weighted by Gasteiger charge is 2.14. The van der Waals surface area contributed by atoms with E-state index in [1.807, 2.05) is 19.0 Å². The Bertz CT molecular complexity index is 415. The van der Waals surface area contributed by atoms with Crippen LogP contribution < -0.4 is 0 Å². The van der Waals surface area contributed by atoms with E-state index in [0.29, 0.717) is 12.1 Å². The van der Waals surface area contributed by atoms with E-state index < -0.39 is 9.05 Å². The van der Waals surface area contributed by atoms with E-state index in [9.17, 15) is 8.42 Å². The highest BCUT2D eigenvalue weighted by molar-refractivity contribution is 8.13. The molecule has 0 fully saturated rings. The van der Waals surface area contributed by atoms with Gasteiger partial charge in [-0.3, -0.25) is 0 Å². The van der Waals surface area contributed by atoms with Gasteiger partial charge in [-0.05, 0) is 25.7 Å². The molecule has 78 valence electrons. The fraction of sp³-hybridized carbons (Fsp3) is 0.333. The highest BCUT2D eigenvalue weighted by Crippen LogP contribution is 2.20. The summed E-state index contributed by atoms with van der Waals surface area (Å²) < 4.78 is 22.4. The summed E-state index contributed by atoms with van der Waals surface area (Å²) in [7, 11) is 5.41. The molecular weight excluding hydrogens is 222 g/mol. The average Bonchev–Trinajstić information content (AvgIpc) is 2.01. The minimum Gasteiger partial charge on any atom is -0.305 e. The Morgan fingerprint density at radius 3 is 2.36 bits per heavy atom. The molecule has 0 unspecified atom stereocenters. The van der Waals surface area contributed by atoms with Crippen molar-refractivity contribution in [1.82, 2.24) is 4.90 Å². The van der Waals surface area contributed by atoms with Gasteiger partial charge in [0.15, 0.2) is 0 Å². The Morgan fingerprint density at radius 2 is 1.86 bits per heavy atom. The normalized spacial score (nSPS) is 12.0. The second kappa shape index (κ2) is 4.29. The number of benzene rings is 1. The molecule has 0 atom stereocenters. The van der Waals surface area contributed by atoms with E-state index in [0.717, 1.165) is 0 Å². The van der Waals surface area contributed by atoms with Crippen molar-refractivity contribution in [1.29, 1.82) is 0 Å². The topological polar surface area (TPSA) is 37.4 Å². The molecule has 0 radical (unpaired) electrons. The molecule has 0 aliphatic rings. The minimum absolute atomic E-state index is 0.190. The summed E-state index contributed by atoms with van der Waals surface area (Å²) in [4.78, 5) is 2.08. The number of hydrogen-bond acceptors (Lipinski definition) is 3. The van der Waals surface area contributed by atoms with Crippen molar-refractivity contribution in [2.75, 3.05) is 14.1 Å². The molecule has 0 aliphatic carbocycles. The van der Waals surface area contributed by atoms with Crippen molar-refractivity contribution < 1.29 is 8.42 Å². The Kier molecular flexibility index (Phi) is 3.53. The van der Waals surface area contributed by atoms with Crippen LogP contribution in [0.4, 0.5) is 0 Å². The molecule has 14 heavy (non-hydrogen) atoms. The molecule has 1 aromatic rings.